The second-order valence-corrected chi connectivity index (χ2v) is 5.43. The Balaban J connectivity index is 2.02. The van der Waals surface area contributed by atoms with E-state index in [-0.39, 0.29) is 5.91 Å². The predicted molar refractivity (Wildman–Crippen MR) is 75.4 cm³/mol. The van der Waals surface area contributed by atoms with Gasteiger partial charge in [0, 0.05) is 30.8 Å². The molecular formula is C12H17BrN4O. The second kappa shape index (κ2) is 5.56. The molecule has 2 rings (SSSR count). The van der Waals surface area contributed by atoms with E-state index in [0.717, 1.165) is 30.4 Å². The summed E-state index contributed by atoms with van der Waals surface area (Å²) in [6.07, 6.45) is 3.89. The van der Waals surface area contributed by atoms with Crippen molar-refractivity contribution in [2.24, 2.45) is 0 Å². The van der Waals surface area contributed by atoms with E-state index in [9.17, 15) is 4.79 Å². The van der Waals surface area contributed by atoms with E-state index >= 15 is 0 Å². The average Bonchev–Trinajstić information content (AvgIpc) is 2.81. The molecule has 0 spiro atoms. The molecule has 0 aromatic carbocycles. The van der Waals surface area contributed by atoms with Crippen LogP contribution in [0.1, 0.15) is 12.8 Å². The van der Waals surface area contributed by atoms with Gasteiger partial charge in [-0.25, -0.2) is 4.98 Å². The summed E-state index contributed by atoms with van der Waals surface area (Å²) in [6.45, 7) is 2.06. The molecule has 1 amide bonds. The molecule has 6 heteroatoms. The summed E-state index contributed by atoms with van der Waals surface area (Å²) in [5.41, 5.74) is 6.46. The van der Waals surface area contributed by atoms with Crippen molar-refractivity contribution in [1.29, 1.82) is 0 Å². The zero-order valence-corrected chi connectivity index (χ0v) is 12.0. The lowest BCUT2D eigenvalue weighted by Crippen LogP contribution is -2.37. The van der Waals surface area contributed by atoms with Crippen molar-refractivity contribution in [1.82, 2.24) is 9.88 Å². The normalized spacial score (nSPS) is 14.9. The van der Waals surface area contributed by atoms with Crippen LogP contribution in [0, 0.1) is 0 Å². The van der Waals surface area contributed by atoms with Crippen LogP contribution in [0.3, 0.4) is 0 Å². The average molecular weight is 313 g/mol. The van der Waals surface area contributed by atoms with Crippen LogP contribution in [0.2, 0.25) is 0 Å². The fraction of sp³-hybridized carbons (Fsp3) is 0.500. The summed E-state index contributed by atoms with van der Waals surface area (Å²) < 4.78 is 0.836. The summed E-state index contributed by atoms with van der Waals surface area (Å²) in [4.78, 5) is 19.9. The maximum Gasteiger partial charge on any atom is 0.242 e. The molecule has 1 aliphatic rings. The zero-order valence-electron chi connectivity index (χ0n) is 10.4. The number of aromatic nitrogens is 1. The van der Waals surface area contributed by atoms with E-state index in [4.69, 9.17) is 5.73 Å². The standard InChI is InChI=1S/C12H17BrN4O/c1-16(8-11(18)17-4-2-3-5-17)12-10(14)6-9(13)7-15-12/h6-7H,2-5,8,14H2,1H3. The van der Waals surface area contributed by atoms with Gasteiger partial charge >= 0.3 is 0 Å². The third kappa shape index (κ3) is 2.93. The van der Waals surface area contributed by atoms with Crippen LogP contribution in [0.4, 0.5) is 11.5 Å². The van der Waals surface area contributed by atoms with Gasteiger partial charge in [-0.3, -0.25) is 4.79 Å². The van der Waals surface area contributed by atoms with Crippen molar-refractivity contribution in [2.45, 2.75) is 12.8 Å². The van der Waals surface area contributed by atoms with E-state index < -0.39 is 0 Å². The molecule has 18 heavy (non-hydrogen) atoms. The van der Waals surface area contributed by atoms with Crippen LogP contribution in [0.25, 0.3) is 0 Å². The van der Waals surface area contributed by atoms with Crippen molar-refractivity contribution in [2.75, 3.05) is 37.3 Å². The summed E-state index contributed by atoms with van der Waals surface area (Å²) in [7, 11) is 1.83. The van der Waals surface area contributed by atoms with Crippen LogP contribution in [0.15, 0.2) is 16.7 Å². The third-order valence-electron chi connectivity index (χ3n) is 3.05. The van der Waals surface area contributed by atoms with E-state index in [1.54, 1.807) is 17.2 Å². The maximum atomic E-state index is 12.0. The number of amides is 1. The molecule has 1 fully saturated rings. The van der Waals surface area contributed by atoms with E-state index in [1.807, 2.05) is 11.9 Å². The number of nitrogens with two attached hydrogens (primary N) is 1. The molecular weight excluding hydrogens is 296 g/mol. The minimum atomic E-state index is 0.138. The predicted octanol–water partition coefficient (Wildman–Crippen LogP) is 1.48. The van der Waals surface area contributed by atoms with Gasteiger partial charge in [0.15, 0.2) is 5.82 Å². The number of rotatable bonds is 3. The molecule has 1 saturated heterocycles. The van der Waals surface area contributed by atoms with Gasteiger partial charge in [-0.2, -0.15) is 0 Å². The molecule has 1 aromatic rings. The topological polar surface area (TPSA) is 62.5 Å². The molecule has 2 heterocycles. The molecule has 98 valence electrons. The Bertz CT molecular complexity index is 446. The molecule has 0 bridgehead atoms. The molecule has 2 N–H and O–H groups in total. The van der Waals surface area contributed by atoms with Crippen molar-refractivity contribution in [3.8, 4) is 0 Å². The number of carbonyl (C=O) groups excluding carboxylic acids is 1. The summed E-state index contributed by atoms with van der Waals surface area (Å²) in [5.74, 6) is 0.782. The first-order valence-electron chi connectivity index (χ1n) is 5.98. The minimum Gasteiger partial charge on any atom is -0.396 e. The van der Waals surface area contributed by atoms with Gasteiger partial charge in [-0.15, -0.1) is 0 Å². The highest BCUT2D eigenvalue weighted by Crippen LogP contribution is 2.22. The number of nitrogen functional groups attached to an aromatic ring is 1. The molecule has 1 aromatic heterocycles. The molecule has 0 atom stereocenters. The highest BCUT2D eigenvalue weighted by Gasteiger charge is 2.20. The van der Waals surface area contributed by atoms with Gasteiger partial charge in [-0.05, 0) is 34.8 Å². The van der Waals surface area contributed by atoms with Crippen LogP contribution in [-0.2, 0) is 4.79 Å². The molecule has 1 aliphatic heterocycles. The molecule has 0 aliphatic carbocycles. The number of halogens is 1. The van der Waals surface area contributed by atoms with Crippen molar-refractivity contribution in [3.05, 3.63) is 16.7 Å². The lowest BCUT2D eigenvalue weighted by Gasteiger charge is -2.23. The molecule has 0 unspecified atom stereocenters. The lowest BCUT2D eigenvalue weighted by molar-refractivity contribution is -0.128. The Hall–Kier alpha value is -1.30. The maximum absolute atomic E-state index is 12.0. The Kier molecular flexibility index (Phi) is 4.06. The molecule has 5 nitrogen and oxygen atoms in total. The van der Waals surface area contributed by atoms with Gasteiger partial charge in [0.05, 0.1) is 12.2 Å². The van der Waals surface area contributed by atoms with E-state index in [1.165, 1.54) is 0 Å². The van der Waals surface area contributed by atoms with Crippen molar-refractivity contribution >= 4 is 33.3 Å². The van der Waals surface area contributed by atoms with Gasteiger partial charge in [0.2, 0.25) is 5.91 Å². The Morgan fingerprint density at radius 1 is 1.56 bits per heavy atom. The van der Waals surface area contributed by atoms with E-state index in [2.05, 4.69) is 20.9 Å². The number of nitrogens with zero attached hydrogens (tertiary/aromatic N) is 3. The Morgan fingerprint density at radius 3 is 2.83 bits per heavy atom. The number of anilines is 2. The third-order valence-corrected chi connectivity index (χ3v) is 3.49. The molecule has 0 saturated carbocycles. The first-order chi connectivity index (χ1) is 8.58. The first kappa shape index (κ1) is 13.1. The smallest absolute Gasteiger partial charge is 0.242 e. The van der Waals surface area contributed by atoms with Crippen LogP contribution in [0.5, 0.6) is 0 Å². The lowest BCUT2D eigenvalue weighted by atomic mass is 10.3. The first-order valence-corrected chi connectivity index (χ1v) is 6.77. The number of hydrogen-bond donors (Lipinski definition) is 1. The fourth-order valence-corrected chi connectivity index (χ4v) is 2.46. The summed E-state index contributed by atoms with van der Waals surface area (Å²) in [6, 6.07) is 1.79. The zero-order chi connectivity index (χ0) is 13.1. The fourth-order valence-electron chi connectivity index (χ4n) is 2.11. The summed E-state index contributed by atoms with van der Waals surface area (Å²) in [5, 5.41) is 0. The van der Waals surface area contributed by atoms with Gasteiger partial charge < -0.3 is 15.5 Å². The van der Waals surface area contributed by atoms with Gasteiger partial charge in [0.25, 0.3) is 0 Å². The Morgan fingerprint density at radius 2 is 2.22 bits per heavy atom. The quantitative estimate of drug-likeness (QED) is 0.918. The van der Waals surface area contributed by atoms with Crippen LogP contribution in [-0.4, -0.2) is 42.5 Å². The highest BCUT2D eigenvalue weighted by molar-refractivity contribution is 9.10. The minimum absolute atomic E-state index is 0.138. The number of carbonyl (C=O) groups is 1. The number of likely N-dealkylation sites (tertiary alicyclic amines) is 1. The molecule has 0 radical (unpaired) electrons. The van der Waals surface area contributed by atoms with Gasteiger partial charge in [-0.1, -0.05) is 0 Å². The van der Waals surface area contributed by atoms with Crippen molar-refractivity contribution < 1.29 is 4.79 Å². The number of likely N-dealkylation sites (N-methyl/N-ethyl adjacent to an activating group) is 1. The van der Waals surface area contributed by atoms with Crippen LogP contribution < -0.4 is 10.6 Å². The van der Waals surface area contributed by atoms with Crippen LogP contribution >= 0.6 is 15.9 Å². The second-order valence-electron chi connectivity index (χ2n) is 4.51. The largest absolute Gasteiger partial charge is 0.396 e. The number of pyridine rings is 1. The van der Waals surface area contributed by atoms with Gasteiger partial charge in [0.1, 0.15) is 0 Å². The SMILES string of the molecule is CN(CC(=O)N1CCCC1)c1ncc(Br)cc1N. The number of hydrogen-bond acceptors (Lipinski definition) is 4. The highest BCUT2D eigenvalue weighted by atomic mass is 79.9. The Labute approximate surface area is 115 Å². The van der Waals surface area contributed by atoms with Crippen molar-refractivity contribution in [3.63, 3.8) is 0 Å². The van der Waals surface area contributed by atoms with E-state index in [0.29, 0.717) is 18.1 Å². The monoisotopic (exact) mass is 312 g/mol. The summed E-state index contributed by atoms with van der Waals surface area (Å²) >= 11 is 3.31.